The molecule has 32 heavy (non-hydrogen) atoms. The molecule has 0 bridgehead atoms. The van der Waals surface area contributed by atoms with Gasteiger partial charge in [-0.05, 0) is 70.1 Å². The molecule has 6 atom stereocenters. The predicted molar refractivity (Wildman–Crippen MR) is 121 cm³/mol. The number of hydrogen-bond acceptors (Lipinski definition) is 7. The molecule has 1 saturated carbocycles. The Morgan fingerprint density at radius 1 is 1.19 bits per heavy atom. The lowest BCUT2D eigenvalue weighted by Gasteiger charge is -2.56. The Kier molecular flexibility index (Phi) is 7.75. The first-order chi connectivity index (χ1) is 15.4. The van der Waals surface area contributed by atoms with Crippen LogP contribution in [0.5, 0.6) is 0 Å². The molecule has 4 fully saturated rings. The van der Waals surface area contributed by atoms with Crippen molar-refractivity contribution >= 4 is 11.9 Å². The lowest BCUT2D eigenvalue weighted by Crippen LogP contribution is -2.75. The zero-order valence-electron chi connectivity index (χ0n) is 20.0. The molecule has 4 rings (SSSR count). The number of carbonyl (C=O) groups excluding carboxylic acids is 2. The molecule has 3 N–H and O–H groups in total. The highest BCUT2D eigenvalue weighted by Crippen LogP contribution is 2.38. The second kappa shape index (κ2) is 10.4. The van der Waals surface area contributed by atoms with Gasteiger partial charge in [0.25, 0.3) is 0 Å². The van der Waals surface area contributed by atoms with Crippen LogP contribution in [0.1, 0.15) is 65.2 Å². The van der Waals surface area contributed by atoms with Crippen molar-refractivity contribution < 1.29 is 19.1 Å². The summed E-state index contributed by atoms with van der Waals surface area (Å²) in [6.45, 7) is 5.96. The number of nitrogens with one attached hydrogen (secondary N) is 1. The lowest BCUT2D eigenvalue weighted by molar-refractivity contribution is -0.171. The maximum absolute atomic E-state index is 13.5. The van der Waals surface area contributed by atoms with E-state index < -0.39 is 12.1 Å². The smallest absolute Gasteiger partial charge is 0.311 e. The Morgan fingerprint density at radius 3 is 2.62 bits per heavy atom. The average Bonchev–Trinajstić information content (AvgIpc) is 2.79. The number of methoxy groups -OCH3 is 1. The van der Waals surface area contributed by atoms with Crippen LogP contribution in [0.4, 0.5) is 0 Å². The molecule has 6 unspecified atom stereocenters. The van der Waals surface area contributed by atoms with Crippen molar-refractivity contribution in [2.24, 2.45) is 29.4 Å². The van der Waals surface area contributed by atoms with Crippen LogP contribution in [0, 0.1) is 23.7 Å². The molecular weight excluding hydrogens is 408 g/mol. The van der Waals surface area contributed by atoms with Crippen molar-refractivity contribution in [2.75, 3.05) is 26.8 Å². The van der Waals surface area contributed by atoms with Crippen molar-refractivity contribution in [3.05, 3.63) is 0 Å². The van der Waals surface area contributed by atoms with E-state index in [1.54, 1.807) is 7.11 Å². The number of esters is 1. The molecule has 0 radical (unpaired) electrons. The summed E-state index contributed by atoms with van der Waals surface area (Å²) in [4.78, 5) is 30.5. The molecule has 8 nitrogen and oxygen atoms in total. The molecule has 1 amide bonds. The molecule has 8 heteroatoms. The number of ether oxygens (including phenoxy) is 2. The van der Waals surface area contributed by atoms with E-state index in [0.717, 1.165) is 58.0 Å². The molecule has 0 aromatic heterocycles. The van der Waals surface area contributed by atoms with Gasteiger partial charge in [-0.1, -0.05) is 6.92 Å². The van der Waals surface area contributed by atoms with E-state index in [1.165, 1.54) is 0 Å². The van der Waals surface area contributed by atoms with E-state index in [1.807, 2.05) is 11.8 Å². The molecule has 182 valence electrons. The third-order valence-corrected chi connectivity index (χ3v) is 8.43. The Morgan fingerprint density at radius 2 is 1.94 bits per heavy atom. The minimum atomic E-state index is -0.468. The monoisotopic (exact) mass is 450 g/mol. The number of nitrogens with two attached hydrogens (primary N) is 1. The van der Waals surface area contributed by atoms with Crippen LogP contribution in [-0.4, -0.2) is 73.1 Å². The van der Waals surface area contributed by atoms with Crippen molar-refractivity contribution in [3.63, 3.8) is 0 Å². The first kappa shape index (κ1) is 23.9. The van der Waals surface area contributed by atoms with Gasteiger partial charge in [0.15, 0.2) is 0 Å². The van der Waals surface area contributed by atoms with Crippen molar-refractivity contribution in [1.29, 1.82) is 0 Å². The largest absolute Gasteiger partial charge is 0.466 e. The summed E-state index contributed by atoms with van der Waals surface area (Å²) in [7, 11) is 1.80. The first-order valence-corrected chi connectivity index (χ1v) is 12.7. The number of piperidine rings is 2. The normalized spacial score (nSPS) is 40.5. The van der Waals surface area contributed by atoms with Crippen LogP contribution in [0.3, 0.4) is 0 Å². The number of amides is 1. The van der Waals surface area contributed by atoms with Crippen molar-refractivity contribution in [3.8, 4) is 0 Å². The number of rotatable bonds is 6. The first-order valence-electron chi connectivity index (χ1n) is 12.7. The Labute approximate surface area is 192 Å². The van der Waals surface area contributed by atoms with Gasteiger partial charge in [-0.3, -0.25) is 19.8 Å². The maximum Gasteiger partial charge on any atom is 0.311 e. The topological polar surface area (TPSA) is 97.1 Å². The molecule has 3 aliphatic heterocycles. The van der Waals surface area contributed by atoms with Crippen LogP contribution >= 0.6 is 0 Å². The number of hydrogen-bond donors (Lipinski definition) is 2. The van der Waals surface area contributed by atoms with Crippen LogP contribution in [0.15, 0.2) is 0 Å². The number of nitrogens with zero attached hydrogens (tertiary/aromatic N) is 2. The fraction of sp³-hybridized carbons (Fsp3) is 0.917. The fourth-order valence-electron chi connectivity index (χ4n) is 6.48. The van der Waals surface area contributed by atoms with Gasteiger partial charge in [0.05, 0.1) is 43.0 Å². The SMILES string of the molecule is CCOC(=O)C1CC2C(=O)N3CCCC(C)C3NC2N(CCC2CCC(OC)CC2)C1N. The molecular formula is C24H42N4O4. The second-order valence-corrected chi connectivity index (χ2v) is 10.3. The highest BCUT2D eigenvalue weighted by atomic mass is 16.5. The van der Waals surface area contributed by atoms with Crippen molar-refractivity contribution in [1.82, 2.24) is 15.1 Å². The van der Waals surface area contributed by atoms with Gasteiger partial charge in [0.1, 0.15) is 0 Å². The molecule has 0 spiro atoms. The summed E-state index contributed by atoms with van der Waals surface area (Å²) in [5, 5.41) is 3.79. The van der Waals surface area contributed by atoms with E-state index in [2.05, 4.69) is 17.1 Å². The van der Waals surface area contributed by atoms with Gasteiger partial charge < -0.3 is 20.1 Å². The van der Waals surface area contributed by atoms with E-state index in [9.17, 15) is 9.59 Å². The van der Waals surface area contributed by atoms with E-state index in [4.69, 9.17) is 15.2 Å². The summed E-state index contributed by atoms with van der Waals surface area (Å²) in [6, 6.07) is 0. The van der Waals surface area contributed by atoms with Crippen LogP contribution in [-0.2, 0) is 19.1 Å². The zero-order chi connectivity index (χ0) is 22.8. The van der Waals surface area contributed by atoms with Crippen LogP contribution in [0.2, 0.25) is 0 Å². The van der Waals surface area contributed by atoms with E-state index in [0.29, 0.717) is 31.0 Å². The van der Waals surface area contributed by atoms with Gasteiger partial charge in [0.2, 0.25) is 5.91 Å². The minimum absolute atomic E-state index is 0.0588. The van der Waals surface area contributed by atoms with Gasteiger partial charge in [-0.2, -0.15) is 0 Å². The lowest BCUT2D eigenvalue weighted by atomic mass is 9.79. The number of carbonyl (C=O) groups is 2. The van der Waals surface area contributed by atoms with Gasteiger partial charge in [0, 0.05) is 20.2 Å². The van der Waals surface area contributed by atoms with Gasteiger partial charge in [-0.15, -0.1) is 0 Å². The van der Waals surface area contributed by atoms with Gasteiger partial charge >= 0.3 is 5.97 Å². The summed E-state index contributed by atoms with van der Waals surface area (Å²) < 4.78 is 10.9. The van der Waals surface area contributed by atoms with Gasteiger partial charge in [-0.25, -0.2) is 0 Å². The summed E-state index contributed by atoms with van der Waals surface area (Å²) in [5.74, 6) is 0.237. The minimum Gasteiger partial charge on any atom is -0.466 e. The Bertz CT molecular complexity index is 668. The summed E-state index contributed by atoms with van der Waals surface area (Å²) in [5.41, 5.74) is 6.71. The van der Waals surface area contributed by atoms with Crippen LogP contribution < -0.4 is 11.1 Å². The van der Waals surface area contributed by atoms with Crippen molar-refractivity contribution in [2.45, 2.75) is 89.8 Å². The van der Waals surface area contributed by atoms with E-state index >= 15 is 0 Å². The van der Waals surface area contributed by atoms with Crippen LogP contribution in [0.25, 0.3) is 0 Å². The number of fused-ring (bicyclic) bond motifs is 2. The Balaban J connectivity index is 1.51. The highest BCUT2D eigenvalue weighted by molar-refractivity contribution is 5.82. The fourth-order valence-corrected chi connectivity index (χ4v) is 6.48. The molecule has 3 saturated heterocycles. The maximum atomic E-state index is 13.5. The second-order valence-electron chi connectivity index (χ2n) is 10.3. The number of likely N-dealkylation sites (tertiary alicyclic amines) is 1. The Hall–Kier alpha value is -1.22. The summed E-state index contributed by atoms with van der Waals surface area (Å²) >= 11 is 0. The van der Waals surface area contributed by atoms with E-state index in [-0.39, 0.29) is 30.1 Å². The quantitative estimate of drug-likeness (QED) is 0.597. The standard InChI is InChI=1S/C24H42N4O4/c1-4-32-24(30)18-14-19-22(26-21-15(2)6-5-12-28(21)23(19)29)27(20(18)25)13-11-16-7-9-17(31-3)10-8-16/h15-22,26H,4-14,25H2,1-3H3. The summed E-state index contributed by atoms with van der Waals surface area (Å²) in [6.07, 6.45) is 8.10. The molecule has 1 aliphatic carbocycles. The average molecular weight is 451 g/mol. The molecule has 4 aliphatic rings. The predicted octanol–water partition coefficient (Wildman–Crippen LogP) is 1.88. The third kappa shape index (κ3) is 4.69. The highest BCUT2D eigenvalue weighted by Gasteiger charge is 2.53. The molecule has 0 aromatic rings. The third-order valence-electron chi connectivity index (χ3n) is 8.43. The zero-order valence-corrected chi connectivity index (χ0v) is 20.0. The molecule has 3 heterocycles. The molecule has 0 aromatic carbocycles.